The number of amides is 2. The van der Waals surface area contributed by atoms with Crippen LogP contribution in [0.3, 0.4) is 0 Å². The summed E-state index contributed by atoms with van der Waals surface area (Å²) in [7, 11) is -4.10. The van der Waals surface area contributed by atoms with Gasteiger partial charge in [-0.1, -0.05) is 80.9 Å². The molecule has 3 rings (SSSR count). The van der Waals surface area contributed by atoms with Gasteiger partial charge in [0.05, 0.1) is 17.2 Å². The van der Waals surface area contributed by atoms with E-state index in [0.717, 1.165) is 29.3 Å². The number of nitrogens with two attached hydrogens (primary N) is 1. The number of aliphatic hydroxyl groups is 1. The van der Waals surface area contributed by atoms with Crippen LogP contribution in [-0.4, -0.2) is 67.2 Å². The Morgan fingerprint density at radius 1 is 0.958 bits per heavy atom. The van der Waals surface area contributed by atoms with E-state index in [1.54, 1.807) is 20.8 Å². The number of rotatable bonds is 16. The molecular formula is C36H49FN4O6S. The smallest absolute Gasteiger partial charge is 0.408 e. The summed E-state index contributed by atoms with van der Waals surface area (Å²) < 4.78 is 47.7. The summed E-state index contributed by atoms with van der Waals surface area (Å²) in [5.41, 5.74) is 6.27. The van der Waals surface area contributed by atoms with E-state index in [1.165, 1.54) is 4.31 Å². The zero-order chi connectivity index (χ0) is 35.5. The maximum absolute atomic E-state index is 13.8. The highest BCUT2D eigenvalue weighted by atomic mass is 32.2. The van der Waals surface area contributed by atoms with Crippen LogP contribution in [0.5, 0.6) is 0 Å². The van der Waals surface area contributed by atoms with Crippen molar-refractivity contribution < 1.29 is 32.2 Å². The number of aliphatic hydroxyl groups excluding tert-OH is 1. The number of nitrogens with zero attached hydrogens (tertiary/aromatic N) is 1. The van der Waals surface area contributed by atoms with E-state index in [4.69, 9.17) is 10.5 Å². The summed E-state index contributed by atoms with van der Waals surface area (Å²) in [6, 6.07) is 20.4. The topological polar surface area (TPSA) is 151 Å². The van der Waals surface area contributed by atoms with Crippen molar-refractivity contribution in [3.63, 3.8) is 0 Å². The highest BCUT2D eigenvalue weighted by Crippen LogP contribution is 2.29. The molecule has 2 amide bonds. The van der Waals surface area contributed by atoms with E-state index in [1.807, 2.05) is 74.5 Å². The maximum atomic E-state index is 13.8. The predicted molar refractivity (Wildman–Crippen MR) is 185 cm³/mol. The van der Waals surface area contributed by atoms with Crippen molar-refractivity contribution >= 4 is 27.7 Å². The van der Waals surface area contributed by atoms with Gasteiger partial charge < -0.3 is 26.2 Å². The zero-order valence-corrected chi connectivity index (χ0v) is 29.2. The molecular weight excluding hydrogens is 635 g/mol. The normalized spacial score (nSPS) is 13.4. The largest absolute Gasteiger partial charge is 0.444 e. The molecule has 0 saturated carbocycles. The van der Waals surface area contributed by atoms with Crippen LogP contribution in [0.4, 0.5) is 14.9 Å². The molecule has 2 atom stereocenters. The van der Waals surface area contributed by atoms with Crippen molar-refractivity contribution in [3.05, 3.63) is 95.8 Å². The van der Waals surface area contributed by atoms with E-state index in [0.29, 0.717) is 19.3 Å². The SMILES string of the molecule is CC(C)CN(C(CO)CCCCNC(=O)C(NC(=O)OC(C)(C)C)C(c1ccccc1)c1ccccc1)S(=O)(=O)c1ccc(F)c(N)c1. The van der Waals surface area contributed by atoms with Crippen LogP contribution in [0.25, 0.3) is 0 Å². The lowest BCUT2D eigenvalue weighted by atomic mass is 9.84. The Kier molecular flexibility index (Phi) is 13.9. The minimum atomic E-state index is -4.10. The number of nitrogens with one attached hydrogen (secondary N) is 2. The van der Waals surface area contributed by atoms with Gasteiger partial charge in [-0.15, -0.1) is 0 Å². The average molecular weight is 685 g/mol. The number of carbonyl (C=O) groups excluding carboxylic acids is 2. The lowest BCUT2D eigenvalue weighted by Gasteiger charge is -2.31. The molecule has 0 heterocycles. The molecule has 3 aromatic rings. The molecule has 262 valence electrons. The van der Waals surface area contributed by atoms with Crippen LogP contribution in [0.1, 0.15) is 70.9 Å². The minimum Gasteiger partial charge on any atom is -0.444 e. The fourth-order valence-electron chi connectivity index (χ4n) is 5.41. The van der Waals surface area contributed by atoms with Gasteiger partial charge in [-0.05, 0) is 68.9 Å². The van der Waals surface area contributed by atoms with Crippen LogP contribution in [-0.2, 0) is 19.6 Å². The first kappa shape index (κ1) is 38.4. The number of carbonyl (C=O) groups is 2. The molecule has 0 radical (unpaired) electrons. The summed E-state index contributed by atoms with van der Waals surface area (Å²) in [4.78, 5) is 26.6. The lowest BCUT2D eigenvalue weighted by Crippen LogP contribution is -2.51. The quantitative estimate of drug-likeness (QED) is 0.116. The van der Waals surface area contributed by atoms with E-state index >= 15 is 0 Å². The van der Waals surface area contributed by atoms with Crippen LogP contribution in [0.2, 0.25) is 0 Å². The van der Waals surface area contributed by atoms with Gasteiger partial charge in [0.15, 0.2) is 0 Å². The summed E-state index contributed by atoms with van der Waals surface area (Å²) in [5, 5.41) is 16.0. The number of ether oxygens (including phenoxy) is 1. The first-order chi connectivity index (χ1) is 22.6. The van der Waals surface area contributed by atoms with Gasteiger partial charge in [0.2, 0.25) is 15.9 Å². The second-order valence-corrected chi connectivity index (χ2v) is 15.1. The van der Waals surface area contributed by atoms with Crippen LogP contribution in [0.15, 0.2) is 83.8 Å². The molecule has 3 aromatic carbocycles. The minimum absolute atomic E-state index is 0.0532. The molecule has 0 aliphatic rings. The fraction of sp³-hybridized carbons (Fsp3) is 0.444. The Balaban J connectivity index is 1.75. The van der Waals surface area contributed by atoms with Gasteiger partial charge in [-0.25, -0.2) is 17.6 Å². The molecule has 0 spiro atoms. The first-order valence-electron chi connectivity index (χ1n) is 16.2. The van der Waals surface area contributed by atoms with Crippen molar-refractivity contribution in [1.29, 1.82) is 0 Å². The third-order valence-corrected chi connectivity index (χ3v) is 9.52. The third kappa shape index (κ3) is 11.0. The van der Waals surface area contributed by atoms with Crippen LogP contribution < -0.4 is 16.4 Å². The van der Waals surface area contributed by atoms with Crippen LogP contribution in [0, 0.1) is 11.7 Å². The number of alkyl carbamates (subject to hydrolysis) is 1. The molecule has 2 unspecified atom stereocenters. The van der Waals surface area contributed by atoms with Crippen LogP contribution >= 0.6 is 0 Å². The molecule has 0 saturated heterocycles. The number of hydrogen-bond donors (Lipinski definition) is 4. The number of sulfonamides is 1. The molecule has 0 bridgehead atoms. The first-order valence-corrected chi connectivity index (χ1v) is 17.6. The second-order valence-electron chi connectivity index (χ2n) is 13.2. The zero-order valence-electron chi connectivity index (χ0n) is 28.4. The molecule has 48 heavy (non-hydrogen) atoms. The summed E-state index contributed by atoms with van der Waals surface area (Å²) in [5.74, 6) is -1.70. The van der Waals surface area contributed by atoms with Gasteiger partial charge in [-0.2, -0.15) is 4.31 Å². The Hall–Kier alpha value is -4.00. The Morgan fingerprint density at radius 3 is 2.04 bits per heavy atom. The fourth-order valence-corrected chi connectivity index (χ4v) is 7.25. The third-order valence-electron chi connectivity index (χ3n) is 7.61. The summed E-state index contributed by atoms with van der Waals surface area (Å²) >= 11 is 0. The molecule has 0 fully saturated rings. The van der Waals surface area contributed by atoms with Crippen molar-refractivity contribution in [2.45, 2.75) is 82.4 Å². The molecule has 0 aliphatic carbocycles. The molecule has 10 nitrogen and oxygen atoms in total. The highest BCUT2D eigenvalue weighted by molar-refractivity contribution is 7.89. The van der Waals surface area contributed by atoms with Crippen molar-refractivity contribution in [3.8, 4) is 0 Å². The Morgan fingerprint density at radius 2 is 1.54 bits per heavy atom. The van der Waals surface area contributed by atoms with E-state index in [9.17, 15) is 27.5 Å². The van der Waals surface area contributed by atoms with Gasteiger partial charge in [0, 0.05) is 25.0 Å². The van der Waals surface area contributed by atoms with Gasteiger partial charge >= 0.3 is 6.09 Å². The lowest BCUT2D eigenvalue weighted by molar-refractivity contribution is -0.123. The van der Waals surface area contributed by atoms with Gasteiger partial charge in [-0.3, -0.25) is 4.79 Å². The number of unbranched alkanes of at least 4 members (excludes halogenated alkanes) is 1. The van der Waals surface area contributed by atoms with Crippen molar-refractivity contribution in [2.75, 3.05) is 25.4 Å². The number of nitrogen functional groups attached to an aromatic ring is 1. The molecule has 0 aromatic heterocycles. The van der Waals surface area contributed by atoms with Gasteiger partial charge in [0.25, 0.3) is 0 Å². The molecule has 5 N–H and O–H groups in total. The van der Waals surface area contributed by atoms with E-state index in [2.05, 4.69) is 10.6 Å². The Labute approximate surface area is 283 Å². The maximum Gasteiger partial charge on any atom is 0.408 e. The summed E-state index contributed by atoms with van der Waals surface area (Å²) in [6.45, 7) is 8.93. The number of anilines is 1. The molecule has 12 heteroatoms. The number of hydrogen-bond acceptors (Lipinski definition) is 7. The van der Waals surface area contributed by atoms with Crippen molar-refractivity contribution in [1.82, 2.24) is 14.9 Å². The molecule has 0 aliphatic heterocycles. The van der Waals surface area contributed by atoms with E-state index in [-0.39, 0.29) is 29.6 Å². The number of benzene rings is 3. The summed E-state index contributed by atoms with van der Waals surface area (Å²) in [6.07, 6.45) is 0.541. The standard InChI is InChI=1S/C36H49FN4O6S/c1-25(2)23-41(48(45,46)29-19-20-30(37)31(38)22-29)28(24-42)18-12-13-21-39-34(43)33(40-35(44)47-36(3,4)5)32(26-14-8-6-9-15-26)27-16-10-7-11-17-27/h6-11,14-17,19-20,22,25,28,32-33,42H,12-13,18,21,23-24,38H2,1-5H3,(H,39,43)(H,40,44). The predicted octanol–water partition coefficient (Wildman–Crippen LogP) is 5.43. The van der Waals surface area contributed by atoms with Gasteiger partial charge in [0.1, 0.15) is 17.5 Å². The Bertz CT molecular complexity index is 1540. The monoisotopic (exact) mass is 684 g/mol. The number of halogens is 1. The second kappa shape index (κ2) is 17.4. The average Bonchev–Trinajstić information content (AvgIpc) is 3.02. The highest BCUT2D eigenvalue weighted by Gasteiger charge is 2.34. The van der Waals surface area contributed by atoms with Crippen molar-refractivity contribution in [2.24, 2.45) is 5.92 Å². The van der Waals surface area contributed by atoms with E-state index < -0.39 is 58.1 Å².